The lowest BCUT2D eigenvalue weighted by atomic mass is 9.85. The van der Waals surface area contributed by atoms with Gasteiger partial charge in [0.25, 0.3) is 0 Å². The monoisotopic (exact) mass is 292 g/mol. The minimum atomic E-state index is -0.0509. The zero-order valence-corrected chi connectivity index (χ0v) is 12.8. The summed E-state index contributed by atoms with van der Waals surface area (Å²) in [7, 11) is 0. The topological polar surface area (TPSA) is 24.5 Å². The summed E-state index contributed by atoms with van der Waals surface area (Å²) >= 11 is 0. The quantitative estimate of drug-likeness (QED) is 0.926. The molecule has 0 aliphatic carbocycles. The molecule has 2 aliphatic heterocycles. The third-order valence-electron chi connectivity index (χ3n) is 4.73. The highest BCUT2D eigenvalue weighted by Crippen LogP contribution is 2.36. The standard InChI is InChI=1S/C17H25FN2O/c1-13-2-3-15(16(18)12-13)17(14-4-10-21-11-5-14)20-8-6-19-7-9-20/h2-3,12,14,17,19H,4-11H2,1H3/t17-/m1/s1. The molecular formula is C17H25FN2O. The van der Waals surface area contributed by atoms with Crippen molar-refractivity contribution in [3.05, 3.63) is 35.1 Å². The number of hydrogen-bond donors (Lipinski definition) is 1. The van der Waals surface area contributed by atoms with Crippen LogP contribution in [0.3, 0.4) is 0 Å². The Labute approximate surface area is 126 Å². The average Bonchev–Trinajstić information content (AvgIpc) is 2.52. The maximum atomic E-state index is 14.5. The fourth-order valence-corrected chi connectivity index (χ4v) is 3.61. The smallest absolute Gasteiger partial charge is 0.128 e. The highest BCUT2D eigenvalue weighted by atomic mass is 19.1. The van der Waals surface area contributed by atoms with E-state index in [-0.39, 0.29) is 11.9 Å². The van der Waals surface area contributed by atoms with Crippen LogP contribution in [0.25, 0.3) is 0 Å². The van der Waals surface area contributed by atoms with Crippen LogP contribution in [-0.2, 0) is 4.74 Å². The van der Waals surface area contributed by atoms with Crippen LogP contribution in [0.5, 0.6) is 0 Å². The molecule has 1 aromatic rings. The Balaban J connectivity index is 1.89. The second-order valence-corrected chi connectivity index (χ2v) is 6.21. The fraction of sp³-hybridized carbons (Fsp3) is 0.647. The van der Waals surface area contributed by atoms with Gasteiger partial charge < -0.3 is 10.1 Å². The molecule has 0 radical (unpaired) electrons. The van der Waals surface area contributed by atoms with Crippen LogP contribution in [-0.4, -0.2) is 44.3 Å². The Morgan fingerprint density at radius 1 is 1.24 bits per heavy atom. The van der Waals surface area contributed by atoms with Gasteiger partial charge >= 0.3 is 0 Å². The van der Waals surface area contributed by atoms with Crippen molar-refractivity contribution in [2.24, 2.45) is 5.92 Å². The first-order chi connectivity index (χ1) is 10.3. The number of hydrogen-bond acceptors (Lipinski definition) is 3. The van der Waals surface area contributed by atoms with Gasteiger partial charge in [0.05, 0.1) is 0 Å². The van der Waals surface area contributed by atoms with Gasteiger partial charge in [0.15, 0.2) is 0 Å². The van der Waals surface area contributed by atoms with Gasteiger partial charge in [-0.2, -0.15) is 0 Å². The summed E-state index contributed by atoms with van der Waals surface area (Å²) < 4.78 is 20.0. The lowest BCUT2D eigenvalue weighted by Crippen LogP contribution is -2.47. The van der Waals surface area contributed by atoms with Crippen molar-refractivity contribution in [2.45, 2.75) is 25.8 Å². The molecule has 2 heterocycles. The highest BCUT2D eigenvalue weighted by molar-refractivity contribution is 5.27. The van der Waals surface area contributed by atoms with Gasteiger partial charge in [-0.3, -0.25) is 4.90 Å². The van der Waals surface area contributed by atoms with Gasteiger partial charge in [-0.1, -0.05) is 12.1 Å². The summed E-state index contributed by atoms with van der Waals surface area (Å²) in [4.78, 5) is 2.46. The van der Waals surface area contributed by atoms with Crippen LogP contribution < -0.4 is 5.32 Å². The second kappa shape index (κ2) is 6.86. The molecule has 2 aliphatic rings. The number of halogens is 1. The first-order valence-electron chi connectivity index (χ1n) is 8.04. The molecule has 0 aromatic heterocycles. The van der Waals surface area contributed by atoms with E-state index in [1.807, 2.05) is 19.1 Å². The van der Waals surface area contributed by atoms with Crippen molar-refractivity contribution >= 4 is 0 Å². The van der Waals surface area contributed by atoms with Crippen molar-refractivity contribution < 1.29 is 9.13 Å². The lowest BCUT2D eigenvalue weighted by molar-refractivity contribution is 0.0203. The number of ether oxygens (including phenoxy) is 1. The normalized spacial score (nSPS) is 23.1. The maximum Gasteiger partial charge on any atom is 0.128 e. The zero-order valence-electron chi connectivity index (χ0n) is 12.8. The van der Waals surface area contributed by atoms with Gasteiger partial charge in [0.1, 0.15) is 5.82 Å². The van der Waals surface area contributed by atoms with E-state index >= 15 is 0 Å². The first-order valence-corrected chi connectivity index (χ1v) is 8.04. The van der Waals surface area contributed by atoms with Crippen molar-refractivity contribution in [2.75, 3.05) is 39.4 Å². The van der Waals surface area contributed by atoms with E-state index in [9.17, 15) is 4.39 Å². The number of aryl methyl sites for hydroxylation is 1. The largest absolute Gasteiger partial charge is 0.381 e. The molecule has 2 fully saturated rings. The zero-order chi connectivity index (χ0) is 14.7. The second-order valence-electron chi connectivity index (χ2n) is 6.21. The fourth-order valence-electron chi connectivity index (χ4n) is 3.61. The number of rotatable bonds is 3. The summed E-state index contributed by atoms with van der Waals surface area (Å²) in [5, 5.41) is 3.39. The number of nitrogens with zero attached hydrogens (tertiary/aromatic N) is 1. The summed E-state index contributed by atoms with van der Waals surface area (Å²) in [5.41, 5.74) is 1.86. The molecule has 3 rings (SSSR count). The minimum absolute atomic E-state index is 0.0509. The van der Waals surface area contributed by atoms with Gasteiger partial charge in [0.2, 0.25) is 0 Å². The Kier molecular flexibility index (Phi) is 4.88. The predicted molar refractivity (Wildman–Crippen MR) is 81.9 cm³/mol. The third-order valence-corrected chi connectivity index (χ3v) is 4.73. The van der Waals surface area contributed by atoms with E-state index in [2.05, 4.69) is 10.2 Å². The SMILES string of the molecule is Cc1ccc([C@@H](C2CCOCC2)N2CCNCC2)c(F)c1. The number of piperazine rings is 1. The molecule has 1 N–H and O–H groups in total. The number of nitrogens with one attached hydrogen (secondary N) is 1. The van der Waals surface area contributed by atoms with Crippen molar-refractivity contribution in [3.8, 4) is 0 Å². The van der Waals surface area contributed by atoms with Crippen molar-refractivity contribution in [1.82, 2.24) is 10.2 Å². The first kappa shape index (κ1) is 14.9. The average molecular weight is 292 g/mol. The van der Waals surface area contributed by atoms with Crippen LogP contribution in [0.2, 0.25) is 0 Å². The van der Waals surface area contributed by atoms with E-state index < -0.39 is 0 Å². The van der Waals surface area contributed by atoms with Crippen molar-refractivity contribution in [3.63, 3.8) is 0 Å². The van der Waals surface area contributed by atoms with Crippen molar-refractivity contribution in [1.29, 1.82) is 0 Å². The van der Waals surface area contributed by atoms with Gasteiger partial charge in [-0.05, 0) is 37.3 Å². The van der Waals surface area contributed by atoms with E-state index in [1.165, 1.54) is 0 Å². The van der Waals surface area contributed by atoms with Crippen LogP contribution in [0.1, 0.15) is 30.0 Å². The van der Waals surface area contributed by atoms with Crippen LogP contribution in [0.4, 0.5) is 4.39 Å². The molecule has 2 saturated heterocycles. The minimum Gasteiger partial charge on any atom is -0.381 e. The van der Waals surface area contributed by atoms with Gasteiger partial charge in [-0.15, -0.1) is 0 Å². The Hall–Kier alpha value is -0.970. The molecule has 4 heteroatoms. The molecule has 0 spiro atoms. The molecule has 1 atom stereocenters. The van der Waals surface area contributed by atoms with E-state index in [4.69, 9.17) is 4.74 Å². The van der Waals surface area contributed by atoms with E-state index in [1.54, 1.807) is 6.07 Å². The summed E-state index contributed by atoms with van der Waals surface area (Å²) in [6.45, 7) is 7.54. The summed E-state index contributed by atoms with van der Waals surface area (Å²) in [5.74, 6) is 0.444. The van der Waals surface area contributed by atoms with Crippen LogP contribution in [0, 0.1) is 18.7 Å². The van der Waals surface area contributed by atoms with Gasteiger partial charge in [-0.25, -0.2) is 4.39 Å². The Morgan fingerprint density at radius 3 is 2.62 bits per heavy atom. The Bertz CT molecular complexity index is 450. The van der Waals surface area contributed by atoms with Crippen LogP contribution in [0.15, 0.2) is 18.2 Å². The predicted octanol–water partition coefficient (Wildman–Crippen LogP) is 2.51. The lowest BCUT2D eigenvalue weighted by Gasteiger charge is -2.41. The molecule has 116 valence electrons. The van der Waals surface area contributed by atoms with E-state index in [0.29, 0.717) is 5.92 Å². The molecule has 3 nitrogen and oxygen atoms in total. The molecule has 0 saturated carbocycles. The van der Waals surface area contributed by atoms with E-state index in [0.717, 1.165) is 63.4 Å². The summed E-state index contributed by atoms with van der Waals surface area (Å²) in [6.07, 6.45) is 2.06. The molecule has 0 unspecified atom stereocenters. The van der Waals surface area contributed by atoms with Crippen LogP contribution >= 0.6 is 0 Å². The third kappa shape index (κ3) is 3.44. The molecular weight excluding hydrogens is 267 g/mol. The summed E-state index contributed by atoms with van der Waals surface area (Å²) in [6, 6.07) is 5.89. The molecule has 0 amide bonds. The number of benzene rings is 1. The molecule has 21 heavy (non-hydrogen) atoms. The maximum absolute atomic E-state index is 14.5. The highest BCUT2D eigenvalue weighted by Gasteiger charge is 2.32. The molecule has 0 bridgehead atoms. The Morgan fingerprint density at radius 2 is 1.95 bits per heavy atom. The van der Waals surface area contributed by atoms with Gasteiger partial charge in [0, 0.05) is 51.0 Å². The molecule has 1 aromatic carbocycles.